The van der Waals surface area contributed by atoms with Crippen LogP contribution in [0.25, 0.3) is 10.2 Å². The average molecular weight is 444 g/mol. The van der Waals surface area contributed by atoms with Crippen molar-refractivity contribution in [3.63, 3.8) is 0 Å². The molecule has 0 bridgehead atoms. The lowest BCUT2D eigenvalue weighted by Gasteiger charge is -2.14. The molecule has 1 atom stereocenters. The van der Waals surface area contributed by atoms with Crippen LogP contribution in [0.3, 0.4) is 0 Å². The van der Waals surface area contributed by atoms with Gasteiger partial charge in [-0.05, 0) is 19.1 Å². The maximum absolute atomic E-state index is 11.6. The summed E-state index contributed by atoms with van der Waals surface area (Å²) in [6.45, 7) is 11.8. The number of aromatic nitrogens is 1. The highest BCUT2D eigenvalue weighted by Gasteiger charge is 2.16. The van der Waals surface area contributed by atoms with Crippen molar-refractivity contribution in [2.75, 3.05) is 32.6 Å². The van der Waals surface area contributed by atoms with E-state index in [1.165, 1.54) is 11.3 Å². The summed E-state index contributed by atoms with van der Waals surface area (Å²) < 4.78 is 5.38. The Morgan fingerprint density at radius 1 is 1.35 bits per heavy atom. The predicted molar refractivity (Wildman–Crippen MR) is 134 cm³/mol. The van der Waals surface area contributed by atoms with Crippen molar-refractivity contribution in [1.29, 1.82) is 0 Å². The number of carbonyl (C=O) groups is 1. The summed E-state index contributed by atoms with van der Waals surface area (Å²) in [6, 6.07) is 1.87. The first-order chi connectivity index (χ1) is 14.9. The zero-order chi connectivity index (χ0) is 23.4. The number of nitrogens with zero attached hydrogens (tertiary/aromatic N) is 5. The van der Waals surface area contributed by atoms with Crippen molar-refractivity contribution in [3.05, 3.63) is 42.1 Å². The topological polar surface area (TPSA) is 70.4 Å². The van der Waals surface area contributed by atoms with Gasteiger partial charge in [-0.2, -0.15) is 0 Å². The molecule has 168 valence electrons. The van der Waals surface area contributed by atoms with Gasteiger partial charge < -0.3 is 14.5 Å². The average Bonchev–Trinajstić information content (AvgIpc) is 3.13. The SMILES string of the molecule is C=CCOC(C)=NC(C)/C=C/N(C)C=Nc1c(C=O)sc2nccc(N(C)C)c12.CC. The minimum Gasteiger partial charge on any atom is -0.477 e. The van der Waals surface area contributed by atoms with Crippen LogP contribution >= 0.6 is 11.3 Å². The van der Waals surface area contributed by atoms with Crippen molar-refractivity contribution in [2.24, 2.45) is 9.98 Å². The molecule has 0 radical (unpaired) electrons. The van der Waals surface area contributed by atoms with Crippen LogP contribution in [0.15, 0.2) is 47.2 Å². The van der Waals surface area contributed by atoms with Crippen LogP contribution in [-0.4, -0.2) is 62.2 Å². The van der Waals surface area contributed by atoms with Crippen LogP contribution in [-0.2, 0) is 4.74 Å². The molecule has 0 saturated heterocycles. The zero-order valence-electron chi connectivity index (χ0n) is 19.5. The largest absolute Gasteiger partial charge is 0.477 e. The standard InChI is InChI=1S/C21H27N5O2S.C2H6/c1-7-12-28-16(3)24-15(2)9-11-26(6)14-23-20-18(13-27)29-21-19(20)17(25(4)5)8-10-22-21;1-2/h7-11,13-15H,1,12H2,2-6H3;1-2H3/b11-9+,23-14?,24-16?;. The van der Waals surface area contributed by atoms with Crippen LogP contribution < -0.4 is 4.90 Å². The van der Waals surface area contributed by atoms with E-state index in [1.807, 2.05) is 77.0 Å². The normalized spacial score (nSPS) is 12.5. The number of carbonyl (C=O) groups excluding carboxylic acids is 1. The summed E-state index contributed by atoms with van der Waals surface area (Å²) in [5.41, 5.74) is 1.61. The van der Waals surface area contributed by atoms with E-state index in [9.17, 15) is 4.79 Å². The van der Waals surface area contributed by atoms with E-state index in [-0.39, 0.29) is 6.04 Å². The highest BCUT2D eigenvalue weighted by Crippen LogP contribution is 2.40. The minimum atomic E-state index is -0.0484. The van der Waals surface area contributed by atoms with E-state index in [0.717, 1.165) is 22.2 Å². The second-order valence-electron chi connectivity index (χ2n) is 6.58. The maximum atomic E-state index is 11.6. The number of rotatable bonds is 9. The van der Waals surface area contributed by atoms with Gasteiger partial charge in [0.15, 0.2) is 12.2 Å². The van der Waals surface area contributed by atoms with Gasteiger partial charge in [-0.3, -0.25) is 4.79 Å². The molecule has 0 saturated carbocycles. The van der Waals surface area contributed by atoms with Crippen LogP contribution in [0, 0.1) is 0 Å². The molecule has 1 unspecified atom stereocenters. The number of fused-ring (bicyclic) bond motifs is 1. The number of ether oxygens (including phenoxy) is 1. The van der Waals surface area contributed by atoms with Crippen molar-refractivity contribution < 1.29 is 9.53 Å². The van der Waals surface area contributed by atoms with E-state index < -0.39 is 0 Å². The molecule has 8 heteroatoms. The first kappa shape index (κ1) is 26.0. The third kappa shape index (κ3) is 7.64. The fraction of sp³-hybridized carbons (Fsp3) is 0.391. The van der Waals surface area contributed by atoms with Crippen molar-refractivity contribution >= 4 is 51.5 Å². The first-order valence-corrected chi connectivity index (χ1v) is 11.0. The van der Waals surface area contributed by atoms with Crippen molar-refractivity contribution in [3.8, 4) is 0 Å². The van der Waals surface area contributed by atoms with E-state index in [0.29, 0.717) is 23.1 Å². The smallest absolute Gasteiger partial charge is 0.180 e. The van der Waals surface area contributed by atoms with Gasteiger partial charge in [0.1, 0.15) is 11.4 Å². The van der Waals surface area contributed by atoms with Gasteiger partial charge in [0, 0.05) is 40.5 Å². The number of pyridine rings is 1. The Morgan fingerprint density at radius 3 is 2.68 bits per heavy atom. The van der Waals surface area contributed by atoms with E-state index in [2.05, 4.69) is 21.5 Å². The van der Waals surface area contributed by atoms with Gasteiger partial charge >= 0.3 is 0 Å². The Labute approximate surface area is 189 Å². The maximum Gasteiger partial charge on any atom is 0.180 e. The summed E-state index contributed by atoms with van der Waals surface area (Å²) in [5, 5.41) is 0.881. The third-order valence-corrected chi connectivity index (χ3v) is 4.94. The molecule has 0 aliphatic carbocycles. The molecule has 0 N–H and O–H groups in total. The molecule has 2 heterocycles. The summed E-state index contributed by atoms with van der Waals surface area (Å²) in [7, 11) is 5.79. The minimum absolute atomic E-state index is 0.0484. The highest BCUT2D eigenvalue weighted by molar-refractivity contribution is 7.21. The van der Waals surface area contributed by atoms with Gasteiger partial charge in [0.05, 0.1) is 34.0 Å². The number of aliphatic imine (C=N–C) groups is 2. The summed E-state index contributed by atoms with van der Waals surface area (Å²) in [5.74, 6) is 0.613. The lowest BCUT2D eigenvalue weighted by molar-refractivity contribution is 0.112. The van der Waals surface area contributed by atoms with Gasteiger partial charge in [0.25, 0.3) is 0 Å². The lowest BCUT2D eigenvalue weighted by atomic mass is 10.2. The molecule has 0 fully saturated rings. The number of hydrogen-bond acceptors (Lipinski definition) is 7. The predicted octanol–water partition coefficient (Wildman–Crippen LogP) is 5.32. The molecule has 0 aliphatic heterocycles. The van der Waals surface area contributed by atoms with E-state index in [4.69, 9.17) is 4.74 Å². The van der Waals surface area contributed by atoms with Crippen molar-refractivity contribution in [1.82, 2.24) is 9.88 Å². The molecular formula is C23H33N5O2S. The van der Waals surface area contributed by atoms with Gasteiger partial charge in [-0.25, -0.2) is 15.0 Å². The molecule has 2 rings (SSSR count). The van der Waals surface area contributed by atoms with E-state index >= 15 is 0 Å². The molecule has 0 amide bonds. The molecule has 2 aromatic heterocycles. The Bertz CT molecular complexity index is 947. The molecule has 2 aromatic rings. The number of aldehydes is 1. The molecule has 7 nitrogen and oxygen atoms in total. The summed E-state index contributed by atoms with van der Waals surface area (Å²) >= 11 is 1.34. The fourth-order valence-corrected chi connectivity index (χ4v) is 3.51. The molecule has 31 heavy (non-hydrogen) atoms. The number of anilines is 1. The van der Waals surface area contributed by atoms with Gasteiger partial charge in [-0.1, -0.05) is 26.5 Å². The number of hydrogen-bond donors (Lipinski definition) is 0. The monoisotopic (exact) mass is 443 g/mol. The summed E-state index contributed by atoms with van der Waals surface area (Å²) in [4.78, 5) is 30.1. The van der Waals surface area contributed by atoms with E-state index in [1.54, 1.807) is 18.6 Å². The quantitative estimate of drug-likeness (QED) is 0.227. The zero-order valence-corrected chi connectivity index (χ0v) is 20.3. The fourth-order valence-electron chi connectivity index (χ4n) is 2.58. The van der Waals surface area contributed by atoms with Crippen LogP contribution in [0.4, 0.5) is 11.4 Å². The number of thiophene rings is 1. The van der Waals surface area contributed by atoms with Gasteiger partial charge in [-0.15, -0.1) is 11.3 Å². The molecular weight excluding hydrogens is 410 g/mol. The Kier molecular flexibility index (Phi) is 11.2. The van der Waals surface area contributed by atoms with Crippen LogP contribution in [0.5, 0.6) is 0 Å². The van der Waals surface area contributed by atoms with Crippen molar-refractivity contribution in [2.45, 2.75) is 33.7 Å². The van der Waals surface area contributed by atoms with Crippen LogP contribution in [0.1, 0.15) is 37.4 Å². The molecule has 0 aromatic carbocycles. The first-order valence-electron chi connectivity index (χ1n) is 10.1. The Morgan fingerprint density at radius 2 is 2.06 bits per heavy atom. The highest BCUT2D eigenvalue weighted by atomic mass is 32.1. The third-order valence-electron chi connectivity index (χ3n) is 3.92. The Balaban J connectivity index is 0.00000233. The van der Waals surface area contributed by atoms with Crippen LogP contribution in [0.2, 0.25) is 0 Å². The second kappa shape index (κ2) is 13.3. The molecule has 0 aliphatic rings. The second-order valence-corrected chi connectivity index (χ2v) is 7.61. The lowest BCUT2D eigenvalue weighted by Crippen LogP contribution is -2.10. The Hall–Kier alpha value is -3.00. The molecule has 0 spiro atoms. The summed E-state index contributed by atoms with van der Waals surface area (Å²) in [6.07, 6.45) is 9.74. The van der Waals surface area contributed by atoms with Gasteiger partial charge in [0.2, 0.25) is 0 Å².